The van der Waals surface area contributed by atoms with E-state index < -0.39 is 12.2 Å². The maximum atomic E-state index is 9.45. The summed E-state index contributed by atoms with van der Waals surface area (Å²) >= 11 is 0. The SMILES string of the molecule is Cc1cc(N2CC(O)C(O)C2)nc(NN)n1. The molecule has 2 heterocycles. The minimum absolute atomic E-state index is 0.325. The molecule has 1 aliphatic rings. The Labute approximate surface area is 92.9 Å². The third-order valence-electron chi connectivity index (χ3n) is 2.55. The lowest BCUT2D eigenvalue weighted by atomic mass is 10.3. The third-order valence-corrected chi connectivity index (χ3v) is 2.55. The molecule has 16 heavy (non-hydrogen) atoms. The van der Waals surface area contributed by atoms with Crippen LogP contribution in [0.4, 0.5) is 11.8 Å². The van der Waals surface area contributed by atoms with Crippen molar-refractivity contribution in [2.24, 2.45) is 5.84 Å². The van der Waals surface area contributed by atoms with Gasteiger partial charge in [0.25, 0.3) is 0 Å². The number of β-amino-alcohol motifs (C(OH)–C–C–N with tert-alkyl or cyclic N) is 2. The first kappa shape index (κ1) is 11.1. The molecular weight excluding hydrogens is 210 g/mol. The summed E-state index contributed by atoms with van der Waals surface area (Å²) in [5.41, 5.74) is 3.15. The van der Waals surface area contributed by atoms with Crippen molar-refractivity contribution in [3.63, 3.8) is 0 Å². The van der Waals surface area contributed by atoms with Gasteiger partial charge in [0.05, 0.1) is 12.2 Å². The zero-order chi connectivity index (χ0) is 11.7. The van der Waals surface area contributed by atoms with E-state index in [1.807, 2.05) is 6.92 Å². The molecule has 7 heteroatoms. The fraction of sp³-hybridized carbons (Fsp3) is 0.556. The Bertz CT molecular complexity index is 376. The fourth-order valence-corrected chi connectivity index (χ4v) is 1.74. The van der Waals surface area contributed by atoms with Crippen LogP contribution in [0.2, 0.25) is 0 Å². The Balaban J connectivity index is 2.24. The average molecular weight is 225 g/mol. The van der Waals surface area contributed by atoms with Gasteiger partial charge in [-0.05, 0) is 6.92 Å². The van der Waals surface area contributed by atoms with Crippen LogP contribution in [0.3, 0.4) is 0 Å². The molecule has 0 saturated carbocycles. The van der Waals surface area contributed by atoms with Gasteiger partial charge in [-0.1, -0.05) is 0 Å². The second-order valence-electron chi connectivity index (χ2n) is 3.88. The second-order valence-corrected chi connectivity index (χ2v) is 3.88. The number of nitrogens with two attached hydrogens (primary N) is 1. The van der Waals surface area contributed by atoms with Gasteiger partial charge in [0.15, 0.2) is 0 Å². The number of aliphatic hydroxyl groups is 2. The zero-order valence-electron chi connectivity index (χ0n) is 8.96. The molecule has 7 nitrogen and oxygen atoms in total. The molecule has 2 unspecified atom stereocenters. The normalized spacial score (nSPS) is 24.9. The topological polar surface area (TPSA) is 108 Å². The lowest BCUT2D eigenvalue weighted by molar-refractivity contribution is 0.0572. The van der Waals surface area contributed by atoms with Gasteiger partial charge in [0, 0.05) is 24.8 Å². The quantitative estimate of drug-likeness (QED) is 0.362. The molecule has 5 N–H and O–H groups in total. The summed E-state index contributed by atoms with van der Waals surface area (Å²) in [5, 5.41) is 18.9. The van der Waals surface area contributed by atoms with Crippen molar-refractivity contribution in [2.45, 2.75) is 19.1 Å². The monoisotopic (exact) mass is 225 g/mol. The van der Waals surface area contributed by atoms with Crippen LogP contribution in [-0.2, 0) is 0 Å². The Hall–Kier alpha value is -1.44. The molecule has 0 bridgehead atoms. The Kier molecular flexibility index (Phi) is 2.90. The number of hydrogen-bond donors (Lipinski definition) is 4. The average Bonchev–Trinajstić information content (AvgIpc) is 2.58. The summed E-state index contributed by atoms with van der Waals surface area (Å²) in [7, 11) is 0. The van der Waals surface area contributed by atoms with Crippen molar-refractivity contribution >= 4 is 11.8 Å². The molecule has 1 aromatic heterocycles. The molecule has 2 rings (SSSR count). The number of hydrazine groups is 1. The largest absolute Gasteiger partial charge is 0.389 e. The van der Waals surface area contributed by atoms with E-state index in [2.05, 4.69) is 15.4 Å². The van der Waals surface area contributed by atoms with E-state index in [-0.39, 0.29) is 0 Å². The van der Waals surface area contributed by atoms with Gasteiger partial charge in [0.2, 0.25) is 5.95 Å². The van der Waals surface area contributed by atoms with Crippen molar-refractivity contribution in [1.29, 1.82) is 0 Å². The maximum absolute atomic E-state index is 9.45. The van der Waals surface area contributed by atoms with Gasteiger partial charge in [-0.2, -0.15) is 4.98 Å². The van der Waals surface area contributed by atoms with Gasteiger partial charge >= 0.3 is 0 Å². The molecule has 0 spiro atoms. The molecule has 0 aliphatic carbocycles. The van der Waals surface area contributed by atoms with Gasteiger partial charge in [-0.3, -0.25) is 5.43 Å². The molecule has 1 aromatic rings. The number of rotatable bonds is 2. The van der Waals surface area contributed by atoms with Crippen LogP contribution >= 0.6 is 0 Å². The lowest BCUT2D eigenvalue weighted by Crippen LogP contribution is -2.23. The predicted octanol–water partition coefficient (Wildman–Crippen LogP) is -1.39. The number of nitrogen functional groups attached to an aromatic ring is 1. The number of anilines is 2. The third kappa shape index (κ3) is 2.06. The molecule has 88 valence electrons. The van der Waals surface area contributed by atoms with Gasteiger partial charge < -0.3 is 15.1 Å². The summed E-state index contributed by atoms with van der Waals surface area (Å²) in [6.07, 6.45) is -1.46. The first-order chi connectivity index (χ1) is 7.60. The van der Waals surface area contributed by atoms with Crippen LogP contribution < -0.4 is 16.2 Å². The fourth-order valence-electron chi connectivity index (χ4n) is 1.74. The molecule has 1 aliphatic heterocycles. The summed E-state index contributed by atoms with van der Waals surface area (Å²) < 4.78 is 0. The van der Waals surface area contributed by atoms with Crippen molar-refractivity contribution in [3.8, 4) is 0 Å². The second kappa shape index (κ2) is 4.20. The van der Waals surface area contributed by atoms with Crippen molar-refractivity contribution in [2.75, 3.05) is 23.4 Å². The number of aryl methyl sites for hydroxylation is 1. The van der Waals surface area contributed by atoms with Crippen LogP contribution in [0.15, 0.2) is 6.07 Å². The highest BCUT2D eigenvalue weighted by molar-refractivity contribution is 5.45. The Morgan fingerprint density at radius 2 is 2.00 bits per heavy atom. The highest BCUT2D eigenvalue weighted by Crippen LogP contribution is 2.20. The van der Waals surface area contributed by atoms with Gasteiger partial charge in [0.1, 0.15) is 5.82 Å². The van der Waals surface area contributed by atoms with E-state index in [9.17, 15) is 10.2 Å². The Morgan fingerprint density at radius 1 is 1.38 bits per heavy atom. The summed E-state index contributed by atoms with van der Waals surface area (Å²) in [6.45, 7) is 2.55. The molecule has 0 amide bonds. The molecule has 0 aromatic carbocycles. The van der Waals surface area contributed by atoms with Crippen LogP contribution in [0.25, 0.3) is 0 Å². The first-order valence-corrected chi connectivity index (χ1v) is 5.03. The van der Waals surface area contributed by atoms with Crippen molar-refractivity contribution < 1.29 is 10.2 Å². The van der Waals surface area contributed by atoms with E-state index in [1.165, 1.54) is 0 Å². The van der Waals surface area contributed by atoms with E-state index in [0.29, 0.717) is 24.9 Å². The first-order valence-electron chi connectivity index (χ1n) is 5.03. The number of aliphatic hydroxyl groups excluding tert-OH is 2. The molecule has 2 atom stereocenters. The Morgan fingerprint density at radius 3 is 2.56 bits per heavy atom. The van der Waals surface area contributed by atoms with Gasteiger partial charge in [-0.15, -0.1) is 0 Å². The van der Waals surface area contributed by atoms with E-state index >= 15 is 0 Å². The number of nitrogens with zero attached hydrogens (tertiary/aromatic N) is 3. The van der Waals surface area contributed by atoms with Crippen molar-refractivity contribution in [3.05, 3.63) is 11.8 Å². The highest BCUT2D eigenvalue weighted by atomic mass is 16.3. The van der Waals surface area contributed by atoms with Crippen LogP contribution in [0.1, 0.15) is 5.69 Å². The number of hydrogen-bond acceptors (Lipinski definition) is 7. The molecular formula is C9H15N5O2. The van der Waals surface area contributed by atoms with Crippen LogP contribution in [0.5, 0.6) is 0 Å². The zero-order valence-corrected chi connectivity index (χ0v) is 8.96. The minimum atomic E-state index is -0.732. The maximum Gasteiger partial charge on any atom is 0.239 e. The van der Waals surface area contributed by atoms with E-state index in [0.717, 1.165) is 5.69 Å². The smallest absolute Gasteiger partial charge is 0.239 e. The standard InChI is InChI=1S/C9H15N5O2/c1-5-2-8(12-9(11-5)13-10)14-3-6(15)7(16)4-14/h2,6-7,15-16H,3-4,10H2,1H3,(H,11,12,13). The molecule has 1 saturated heterocycles. The van der Waals surface area contributed by atoms with E-state index in [4.69, 9.17) is 5.84 Å². The van der Waals surface area contributed by atoms with E-state index in [1.54, 1.807) is 11.0 Å². The highest BCUT2D eigenvalue weighted by Gasteiger charge is 2.30. The lowest BCUT2D eigenvalue weighted by Gasteiger charge is -2.17. The van der Waals surface area contributed by atoms with Crippen molar-refractivity contribution in [1.82, 2.24) is 9.97 Å². The minimum Gasteiger partial charge on any atom is -0.389 e. The van der Waals surface area contributed by atoms with Gasteiger partial charge in [-0.25, -0.2) is 10.8 Å². The van der Waals surface area contributed by atoms with Crippen LogP contribution in [-0.4, -0.2) is 45.5 Å². The predicted molar refractivity (Wildman–Crippen MR) is 58.8 cm³/mol. The number of aromatic nitrogens is 2. The molecule has 1 fully saturated rings. The summed E-state index contributed by atoms with van der Waals surface area (Å²) in [4.78, 5) is 10.0. The summed E-state index contributed by atoms with van der Waals surface area (Å²) in [5.74, 6) is 6.22. The molecule has 0 radical (unpaired) electrons. The number of nitrogens with one attached hydrogen (secondary N) is 1. The van der Waals surface area contributed by atoms with Crippen LogP contribution in [0, 0.1) is 6.92 Å². The summed E-state index contributed by atoms with van der Waals surface area (Å²) in [6, 6.07) is 1.78.